The maximum atomic E-state index is 5.63. The Kier molecular flexibility index (Phi) is 2.47. The van der Waals surface area contributed by atoms with E-state index in [2.05, 4.69) is 15.1 Å². The predicted molar refractivity (Wildman–Crippen MR) is 54.9 cm³/mol. The fourth-order valence-corrected chi connectivity index (χ4v) is 1.22. The van der Waals surface area contributed by atoms with E-state index in [1.807, 2.05) is 19.1 Å². The molecule has 1 atom stereocenters. The highest BCUT2D eigenvalue weighted by Crippen LogP contribution is 2.17. The van der Waals surface area contributed by atoms with E-state index >= 15 is 0 Å². The Morgan fingerprint density at radius 1 is 1.47 bits per heavy atom. The molecule has 2 aromatic heterocycles. The molecule has 0 amide bonds. The first-order valence-corrected chi connectivity index (χ1v) is 4.69. The summed E-state index contributed by atoms with van der Waals surface area (Å²) < 4.78 is 5.01. The fourth-order valence-electron chi connectivity index (χ4n) is 1.22. The van der Waals surface area contributed by atoms with Crippen molar-refractivity contribution in [2.45, 2.75) is 19.9 Å². The van der Waals surface area contributed by atoms with Gasteiger partial charge in [0.15, 0.2) is 0 Å². The zero-order chi connectivity index (χ0) is 10.8. The molecule has 0 fully saturated rings. The number of hydrogen-bond acceptors (Lipinski definition) is 5. The number of aryl methyl sites for hydroxylation is 1. The molecule has 0 aliphatic carbocycles. The molecule has 2 heterocycles. The summed E-state index contributed by atoms with van der Waals surface area (Å²) in [5, 5.41) is 3.85. The molecular formula is C10H12N4O. The molecule has 2 N–H and O–H groups in total. The largest absolute Gasteiger partial charge is 0.337 e. The van der Waals surface area contributed by atoms with E-state index in [1.165, 1.54) is 0 Å². The van der Waals surface area contributed by atoms with Gasteiger partial charge in [-0.2, -0.15) is 4.98 Å². The number of nitrogens with two attached hydrogens (primary N) is 1. The lowest BCUT2D eigenvalue weighted by Gasteiger charge is -1.95. The van der Waals surface area contributed by atoms with Gasteiger partial charge in [-0.25, -0.2) is 0 Å². The highest BCUT2D eigenvalue weighted by Gasteiger charge is 2.11. The maximum absolute atomic E-state index is 5.63. The average molecular weight is 204 g/mol. The van der Waals surface area contributed by atoms with Crippen molar-refractivity contribution in [3.05, 3.63) is 29.9 Å². The Hall–Kier alpha value is -1.75. The van der Waals surface area contributed by atoms with Gasteiger partial charge >= 0.3 is 0 Å². The monoisotopic (exact) mass is 204 g/mol. The van der Waals surface area contributed by atoms with Crippen LogP contribution in [0.3, 0.4) is 0 Å². The normalized spacial score (nSPS) is 12.7. The Bertz CT molecular complexity index is 464. The highest BCUT2D eigenvalue weighted by atomic mass is 16.5. The van der Waals surface area contributed by atoms with Crippen LogP contribution in [0.1, 0.15) is 24.6 Å². The summed E-state index contributed by atoms with van der Waals surface area (Å²) in [6.45, 7) is 3.71. The number of nitrogens with zero attached hydrogens (tertiary/aromatic N) is 3. The van der Waals surface area contributed by atoms with Crippen molar-refractivity contribution in [2.75, 3.05) is 0 Å². The average Bonchev–Trinajstić information content (AvgIpc) is 2.66. The van der Waals surface area contributed by atoms with Crippen molar-refractivity contribution in [1.29, 1.82) is 0 Å². The van der Waals surface area contributed by atoms with Gasteiger partial charge < -0.3 is 10.3 Å². The van der Waals surface area contributed by atoms with Crippen LogP contribution in [0, 0.1) is 6.92 Å². The van der Waals surface area contributed by atoms with E-state index < -0.39 is 0 Å². The lowest BCUT2D eigenvalue weighted by Crippen LogP contribution is -2.04. The zero-order valence-electron chi connectivity index (χ0n) is 8.64. The van der Waals surface area contributed by atoms with Crippen LogP contribution in [0.5, 0.6) is 0 Å². The zero-order valence-corrected chi connectivity index (χ0v) is 8.64. The van der Waals surface area contributed by atoms with Crippen LogP contribution in [0.25, 0.3) is 11.4 Å². The van der Waals surface area contributed by atoms with Crippen molar-refractivity contribution in [1.82, 2.24) is 15.1 Å². The van der Waals surface area contributed by atoms with Gasteiger partial charge in [0.1, 0.15) is 0 Å². The van der Waals surface area contributed by atoms with Crippen LogP contribution >= 0.6 is 0 Å². The van der Waals surface area contributed by atoms with Crippen LogP contribution < -0.4 is 5.73 Å². The third-order valence-corrected chi connectivity index (χ3v) is 1.99. The molecule has 0 saturated carbocycles. The SMILES string of the molecule is Cc1cc(-c2noc([C@@H](C)N)n2)ccn1. The summed E-state index contributed by atoms with van der Waals surface area (Å²) in [6, 6.07) is 3.49. The molecule has 2 aromatic rings. The summed E-state index contributed by atoms with van der Waals surface area (Å²) in [6.07, 6.45) is 1.71. The lowest BCUT2D eigenvalue weighted by molar-refractivity contribution is 0.362. The van der Waals surface area contributed by atoms with E-state index in [1.54, 1.807) is 13.1 Å². The molecule has 0 aliphatic rings. The van der Waals surface area contributed by atoms with Gasteiger partial charge in [0.25, 0.3) is 0 Å². The molecule has 15 heavy (non-hydrogen) atoms. The van der Waals surface area contributed by atoms with Crippen molar-refractivity contribution < 1.29 is 4.52 Å². The first-order valence-electron chi connectivity index (χ1n) is 4.69. The lowest BCUT2D eigenvalue weighted by atomic mass is 10.2. The van der Waals surface area contributed by atoms with Crippen LogP contribution in [0.2, 0.25) is 0 Å². The van der Waals surface area contributed by atoms with Crippen LogP contribution in [0.15, 0.2) is 22.9 Å². The summed E-state index contributed by atoms with van der Waals surface area (Å²) in [5.74, 6) is 0.993. The summed E-state index contributed by atoms with van der Waals surface area (Å²) in [5.41, 5.74) is 7.43. The summed E-state index contributed by atoms with van der Waals surface area (Å²) in [4.78, 5) is 8.29. The van der Waals surface area contributed by atoms with Crippen molar-refractivity contribution in [2.24, 2.45) is 5.73 Å². The first kappa shape index (κ1) is 9.79. The topological polar surface area (TPSA) is 77.8 Å². The molecule has 5 heteroatoms. The van der Waals surface area contributed by atoms with Crippen molar-refractivity contribution in [3.8, 4) is 11.4 Å². The number of hydrogen-bond donors (Lipinski definition) is 1. The maximum Gasteiger partial charge on any atom is 0.243 e. The van der Waals surface area contributed by atoms with Crippen LogP contribution in [-0.2, 0) is 0 Å². The Morgan fingerprint density at radius 2 is 2.27 bits per heavy atom. The van der Waals surface area contributed by atoms with E-state index in [4.69, 9.17) is 10.3 Å². The predicted octanol–water partition coefficient (Wildman–Crippen LogP) is 1.46. The molecule has 0 radical (unpaired) electrons. The van der Waals surface area contributed by atoms with E-state index in [-0.39, 0.29) is 6.04 Å². The summed E-state index contributed by atoms with van der Waals surface area (Å²) in [7, 11) is 0. The van der Waals surface area contributed by atoms with Gasteiger partial charge in [0.2, 0.25) is 11.7 Å². The van der Waals surface area contributed by atoms with Gasteiger partial charge in [0.05, 0.1) is 6.04 Å². The molecule has 0 aliphatic heterocycles. The van der Waals surface area contributed by atoms with E-state index in [0.29, 0.717) is 11.7 Å². The molecule has 0 unspecified atom stereocenters. The quantitative estimate of drug-likeness (QED) is 0.801. The van der Waals surface area contributed by atoms with Crippen LogP contribution in [0.4, 0.5) is 0 Å². The minimum absolute atomic E-state index is 0.241. The van der Waals surface area contributed by atoms with Gasteiger partial charge in [-0.1, -0.05) is 5.16 Å². The first-order chi connectivity index (χ1) is 7.16. The third-order valence-electron chi connectivity index (χ3n) is 1.99. The molecule has 78 valence electrons. The van der Waals surface area contributed by atoms with E-state index in [9.17, 15) is 0 Å². The Labute approximate surface area is 87.3 Å². The van der Waals surface area contributed by atoms with Crippen LogP contribution in [-0.4, -0.2) is 15.1 Å². The second-order valence-electron chi connectivity index (χ2n) is 3.43. The van der Waals surface area contributed by atoms with Gasteiger partial charge in [0, 0.05) is 17.5 Å². The Balaban J connectivity index is 2.37. The second kappa shape index (κ2) is 3.78. The minimum atomic E-state index is -0.241. The highest BCUT2D eigenvalue weighted by molar-refractivity contribution is 5.53. The molecule has 0 aromatic carbocycles. The van der Waals surface area contributed by atoms with Crippen molar-refractivity contribution >= 4 is 0 Å². The minimum Gasteiger partial charge on any atom is -0.337 e. The molecule has 0 saturated heterocycles. The number of pyridine rings is 1. The molecule has 0 spiro atoms. The Morgan fingerprint density at radius 3 is 2.87 bits per heavy atom. The number of rotatable bonds is 2. The van der Waals surface area contributed by atoms with Gasteiger partial charge in [-0.15, -0.1) is 0 Å². The summed E-state index contributed by atoms with van der Waals surface area (Å²) >= 11 is 0. The van der Waals surface area contributed by atoms with Gasteiger partial charge in [-0.05, 0) is 26.0 Å². The molecule has 5 nitrogen and oxygen atoms in total. The second-order valence-corrected chi connectivity index (χ2v) is 3.43. The third kappa shape index (κ3) is 2.02. The standard InChI is InChI=1S/C10H12N4O/c1-6-5-8(3-4-12-6)9-13-10(7(2)11)15-14-9/h3-5,7H,11H2,1-2H3/t7-/m1/s1. The number of aromatic nitrogens is 3. The fraction of sp³-hybridized carbons (Fsp3) is 0.300. The van der Waals surface area contributed by atoms with Crippen molar-refractivity contribution in [3.63, 3.8) is 0 Å². The van der Waals surface area contributed by atoms with E-state index in [0.717, 1.165) is 11.3 Å². The van der Waals surface area contributed by atoms with Gasteiger partial charge in [-0.3, -0.25) is 4.98 Å². The molecule has 2 rings (SSSR count). The molecule has 0 bridgehead atoms. The smallest absolute Gasteiger partial charge is 0.243 e. The molecular weight excluding hydrogens is 192 g/mol.